The van der Waals surface area contributed by atoms with Crippen molar-refractivity contribution in [1.82, 2.24) is 0 Å². The van der Waals surface area contributed by atoms with E-state index in [1.54, 1.807) is 13.2 Å². The molecular weight excluding hydrogens is 279 g/mol. The predicted molar refractivity (Wildman–Crippen MR) is 74.8 cm³/mol. The van der Waals surface area contributed by atoms with Crippen LogP contribution in [0.4, 0.5) is 0 Å². The highest BCUT2D eigenvalue weighted by Crippen LogP contribution is 2.52. The molecule has 2 aromatic carbocycles. The van der Waals surface area contributed by atoms with Crippen LogP contribution in [0.2, 0.25) is 0 Å². The van der Waals surface area contributed by atoms with Crippen LogP contribution in [0, 0.1) is 0 Å². The van der Waals surface area contributed by atoms with Crippen molar-refractivity contribution in [1.29, 1.82) is 0 Å². The highest BCUT2D eigenvalue weighted by Gasteiger charge is 2.33. The second-order valence-electron chi connectivity index (χ2n) is 4.48. The molecule has 1 aliphatic rings. The zero-order valence-electron chi connectivity index (χ0n) is 11.1. The Morgan fingerprint density at radius 2 is 1.85 bits per heavy atom. The quantitative estimate of drug-likeness (QED) is 0.807. The molecule has 0 unspecified atom stereocenters. The van der Waals surface area contributed by atoms with Crippen LogP contribution in [0.25, 0.3) is 10.8 Å². The second kappa shape index (κ2) is 5.54. The van der Waals surface area contributed by atoms with Gasteiger partial charge in [0.05, 0.1) is 19.8 Å². The Kier molecular flexibility index (Phi) is 3.76. The van der Waals surface area contributed by atoms with Crippen molar-refractivity contribution < 1.29 is 22.9 Å². The van der Waals surface area contributed by atoms with Gasteiger partial charge in [-0.3, -0.25) is 9.05 Å². The Morgan fingerprint density at radius 3 is 2.60 bits per heavy atom. The minimum Gasteiger partial charge on any atom is -0.404 e. The van der Waals surface area contributed by atoms with Crippen LogP contribution in [-0.4, -0.2) is 20.3 Å². The minimum absolute atomic E-state index is 0.294. The summed E-state index contributed by atoms with van der Waals surface area (Å²) in [6, 6.07) is 11.5. The third-order valence-electron chi connectivity index (χ3n) is 2.99. The molecule has 5 nitrogen and oxygen atoms in total. The SMILES string of the molecule is COCc1ccc2ccc(OP3(=O)OCCO3)cc2c1. The fraction of sp³-hybridized carbons (Fsp3) is 0.286. The maximum atomic E-state index is 12.0. The van der Waals surface area contributed by atoms with Crippen LogP contribution in [0.3, 0.4) is 0 Å². The molecule has 0 bridgehead atoms. The highest BCUT2D eigenvalue weighted by atomic mass is 31.2. The van der Waals surface area contributed by atoms with Gasteiger partial charge in [0.2, 0.25) is 0 Å². The van der Waals surface area contributed by atoms with Crippen LogP contribution >= 0.6 is 7.82 Å². The fourth-order valence-corrected chi connectivity index (χ4v) is 3.25. The Morgan fingerprint density at radius 1 is 1.10 bits per heavy atom. The summed E-state index contributed by atoms with van der Waals surface area (Å²) in [5.74, 6) is 0.470. The van der Waals surface area contributed by atoms with Gasteiger partial charge in [-0.25, -0.2) is 4.57 Å². The second-order valence-corrected chi connectivity index (χ2v) is 6.07. The zero-order valence-corrected chi connectivity index (χ0v) is 12.0. The van der Waals surface area contributed by atoms with Gasteiger partial charge in [-0.2, -0.15) is 0 Å². The smallest absolute Gasteiger partial charge is 0.404 e. The number of rotatable bonds is 4. The number of phosphoric ester groups is 1. The maximum absolute atomic E-state index is 12.0. The number of benzene rings is 2. The van der Waals surface area contributed by atoms with Crippen molar-refractivity contribution in [3.8, 4) is 5.75 Å². The summed E-state index contributed by atoms with van der Waals surface area (Å²) in [6.07, 6.45) is 0. The molecule has 1 saturated heterocycles. The van der Waals surface area contributed by atoms with Gasteiger partial charge in [-0.05, 0) is 34.5 Å². The number of fused-ring (bicyclic) bond motifs is 1. The molecule has 6 heteroatoms. The lowest BCUT2D eigenvalue weighted by Crippen LogP contribution is -1.93. The average molecular weight is 294 g/mol. The summed E-state index contributed by atoms with van der Waals surface area (Å²) in [7, 11) is -1.76. The summed E-state index contributed by atoms with van der Waals surface area (Å²) in [5, 5.41) is 2.06. The zero-order chi connectivity index (χ0) is 14.0. The number of hydrogen-bond acceptors (Lipinski definition) is 5. The van der Waals surface area contributed by atoms with Crippen molar-refractivity contribution >= 4 is 18.6 Å². The molecule has 0 saturated carbocycles. The van der Waals surface area contributed by atoms with Gasteiger partial charge >= 0.3 is 7.82 Å². The normalized spacial score (nSPS) is 17.4. The first-order chi connectivity index (χ1) is 9.68. The Balaban J connectivity index is 1.90. The molecule has 3 rings (SSSR count). The number of ether oxygens (including phenoxy) is 1. The summed E-state index contributed by atoms with van der Waals surface area (Å²) in [5.41, 5.74) is 1.07. The Hall–Kier alpha value is -1.39. The third-order valence-corrected chi connectivity index (χ3v) is 4.42. The van der Waals surface area contributed by atoms with Gasteiger partial charge in [0.25, 0.3) is 0 Å². The molecule has 0 N–H and O–H groups in total. The van der Waals surface area contributed by atoms with Gasteiger partial charge in [0, 0.05) is 7.11 Å². The molecule has 1 aliphatic heterocycles. The molecule has 0 spiro atoms. The molecule has 0 aliphatic carbocycles. The van der Waals surface area contributed by atoms with E-state index >= 15 is 0 Å². The van der Waals surface area contributed by atoms with E-state index in [2.05, 4.69) is 0 Å². The number of phosphoric acid groups is 1. The van der Waals surface area contributed by atoms with E-state index in [0.717, 1.165) is 16.3 Å². The predicted octanol–water partition coefficient (Wildman–Crippen LogP) is 3.52. The van der Waals surface area contributed by atoms with Gasteiger partial charge < -0.3 is 9.26 Å². The topological polar surface area (TPSA) is 54.0 Å². The van der Waals surface area contributed by atoms with Crippen molar-refractivity contribution in [2.45, 2.75) is 6.61 Å². The highest BCUT2D eigenvalue weighted by molar-refractivity contribution is 7.49. The summed E-state index contributed by atoms with van der Waals surface area (Å²) in [6.45, 7) is 1.14. The Labute approximate surface area is 117 Å². The molecule has 1 heterocycles. The largest absolute Gasteiger partial charge is 0.530 e. The molecule has 2 aromatic rings. The van der Waals surface area contributed by atoms with Crippen LogP contribution in [0.15, 0.2) is 36.4 Å². The average Bonchev–Trinajstić information content (AvgIpc) is 2.85. The van der Waals surface area contributed by atoms with Crippen LogP contribution in [-0.2, 0) is 25.0 Å². The lowest BCUT2D eigenvalue weighted by molar-refractivity contribution is 0.185. The van der Waals surface area contributed by atoms with E-state index in [4.69, 9.17) is 18.3 Å². The van der Waals surface area contributed by atoms with Crippen molar-refractivity contribution in [2.24, 2.45) is 0 Å². The third kappa shape index (κ3) is 2.86. The lowest BCUT2D eigenvalue weighted by atomic mass is 10.1. The van der Waals surface area contributed by atoms with Crippen LogP contribution in [0.5, 0.6) is 5.75 Å². The van der Waals surface area contributed by atoms with E-state index in [1.165, 1.54) is 0 Å². The van der Waals surface area contributed by atoms with Crippen LogP contribution < -0.4 is 4.52 Å². The molecule has 0 atom stereocenters. The van der Waals surface area contributed by atoms with E-state index in [1.807, 2.05) is 30.3 Å². The molecular formula is C14H15O5P. The van der Waals surface area contributed by atoms with E-state index < -0.39 is 7.82 Å². The minimum atomic E-state index is -3.42. The van der Waals surface area contributed by atoms with Gasteiger partial charge in [0.15, 0.2) is 0 Å². The van der Waals surface area contributed by atoms with Gasteiger partial charge in [0.1, 0.15) is 5.75 Å². The molecule has 0 aromatic heterocycles. The van der Waals surface area contributed by atoms with E-state index in [0.29, 0.717) is 25.6 Å². The molecule has 20 heavy (non-hydrogen) atoms. The first-order valence-corrected chi connectivity index (χ1v) is 7.75. The number of hydrogen-bond donors (Lipinski definition) is 0. The number of methoxy groups -OCH3 is 1. The monoisotopic (exact) mass is 294 g/mol. The summed E-state index contributed by atoms with van der Waals surface area (Å²) < 4.78 is 32.5. The molecule has 0 amide bonds. The first kappa shape index (κ1) is 13.6. The van der Waals surface area contributed by atoms with Crippen molar-refractivity contribution in [3.05, 3.63) is 42.0 Å². The van der Waals surface area contributed by atoms with Gasteiger partial charge in [-0.15, -0.1) is 0 Å². The molecule has 106 valence electrons. The maximum Gasteiger partial charge on any atom is 0.530 e. The van der Waals surface area contributed by atoms with E-state index in [-0.39, 0.29) is 0 Å². The van der Waals surface area contributed by atoms with Crippen LogP contribution in [0.1, 0.15) is 5.56 Å². The van der Waals surface area contributed by atoms with Crippen molar-refractivity contribution in [2.75, 3.05) is 20.3 Å². The summed E-state index contributed by atoms with van der Waals surface area (Å²) in [4.78, 5) is 0. The standard InChI is InChI=1S/C14H15O5P/c1-16-10-11-2-3-12-4-5-14(9-13(12)8-11)19-20(15)17-6-7-18-20/h2-5,8-9H,6-7,10H2,1H3. The first-order valence-electron chi connectivity index (χ1n) is 6.29. The lowest BCUT2D eigenvalue weighted by Gasteiger charge is -2.11. The Bertz CT molecular complexity index is 660. The van der Waals surface area contributed by atoms with Gasteiger partial charge in [-0.1, -0.05) is 18.2 Å². The fourth-order valence-electron chi connectivity index (χ4n) is 2.10. The van der Waals surface area contributed by atoms with E-state index in [9.17, 15) is 4.57 Å². The molecule has 1 fully saturated rings. The molecule has 0 radical (unpaired) electrons. The summed E-state index contributed by atoms with van der Waals surface area (Å²) >= 11 is 0. The van der Waals surface area contributed by atoms with Crippen molar-refractivity contribution in [3.63, 3.8) is 0 Å².